The van der Waals surface area contributed by atoms with Crippen LogP contribution in [0.15, 0.2) is 24.3 Å². The number of rotatable bonds is 4. The Bertz CT molecular complexity index is 297. The Morgan fingerprint density at radius 2 is 1.80 bits per heavy atom. The molecular weight excluding hydrogens is 210 g/mol. The van der Waals surface area contributed by atoms with Crippen LogP contribution in [0.25, 0.3) is 0 Å². The average molecular weight is 228 g/mol. The Hall–Kier alpha value is -0.570. The van der Waals surface area contributed by atoms with E-state index in [9.17, 15) is 5.11 Å². The average Bonchev–Trinajstić information content (AvgIpc) is 2.17. The van der Waals surface area contributed by atoms with Crippen LogP contribution in [-0.4, -0.2) is 11.2 Å². The van der Waals surface area contributed by atoms with Crippen LogP contribution in [0.3, 0.4) is 0 Å². The first kappa shape index (κ1) is 12.5. The van der Waals surface area contributed by atoms with Crippen molar-refractivity contribution in [2.75, 3.05) is 0 Å². The summed E-state index contributed by atoms with van der Waals surface area (Å²) in [4.78, 5) is 0. The van der Waals surface area contributed by atoms with Crippen molar-refractivity contribution in [3.63, 3.8) is 0 Å². The Morgan fingerprint density at radius 1 is 1.27 bits per heavy atom. The molecule has 3 heteroatoms. The molecule has 0 bridgehead atoms. The molecule has 0 unspecified atom stereocenters. The van der Waals surface area contributed by atoms with Gasteiger partial charge >= 0.3 is 0 Å². The predicted octanol–water partition coefficient (Wildman–Crippen LogP) is 2.75. The van der Waals surface area contributed by atoms with Gasteiger partial charge in [0.1, 0.15) is 0 Å². The first-order valence-electron chi connectivity index (χ1n) is 5.20. The van der Waals surface area contributed by atoms with Crippen LogP contribution in [0, 0.1) is 5.92 Å². The number of hydrogen-bond donors (Lipinski definition) is 2. The molecule has 3 N–H and O–H groups in total. The maximum Gasteiger partial charge on any atom is 0.0735 e. The summed E-state index contributed by atoms with van der Waals surface area (Å²) in [6.45, 7) is 4.13. The van der Waals surface area contributed by atoms with Crippen LogP contribution in [0.4, 0.5) is 0 Å². The Labute approximate surface area is 96.1 Å². The van der Waals surface area contributed by atoms with Crippen molar-refractivity contribution < 1.29 is 5.11 Å². The number of benzene rings is 1. The summed E-state index contributed by atoms with van der Waals surface area (Å²) in [5.41, 5.74) is 6.87. The van der Waals surface area contributed by atoms with Gasteiger partial charge < -0.3 is 10.8 Å². The van der Waals surface area contributed by atoms with Crippen LogP contribution < -0.4 is 5.73 Å². The molecule has 1 aromatic carbocycles. The van der Waals surface area contributed by atoms with Crippen molar-refractivity contribution in [1.29, 1.82) is 0 Å². The molecule has 0 spiro atoms. The van der Waals surface area contributed by atoms with Gasteiger partial charge in [0.05, 0.1) is 12.1 Å². The topological polar surface area (TPSA) is 46.2 Å². The molecular formula is C12H18ClNO. The molecule has 0 aromatic heterocycles. The fraction of sp³-hybridized carbons (Fsp3) is 0.500. The third kappa shape index (κ3) is 3.82. The fourth-order valence-corrected chi connectivity index (χ4v) is 1.66. The smallest absolute Gasteiger partial charge is 0.0735 e. The molecule has 0 aliphatic rings. The van der Waals surface area contributed by atoms with E-state index >= 15 is 0 Å². The van der Waals surface area contributed by atoms with E-state index in [1.807, 2.05) is 12.1 Å². The SMILES string of the molecule is CC(C)C[C@@H](O)[C@@H](N)c1ccc(Cl)cc1. The quantitative estimate of drug-likeness (QED) is 0.831. The second-order valence-corrected chi connectivity index (χ2v) is 4.71. The van der Waals surface area contributed by atoms with E-state index in [0.717, 1.165) is 5.56 Å². The highest BCUT2D eigenvalue weighted by Crippen LogP contribution is 2.20. The van der Waals surface area contributed by atoms with Gasteiger partial charge in [0.25, 0.3) is 0 Å². The third-order valence-electron chi connectivity index (χ3n) is 2.38. The number of nitrogens with two attached hydrogens (primary N) is 1. The zero-order chi connectivity index (χ0) is 11.4. The molecule has 0 aliphatic carbocycles. The second-order valence-electron chi connectivity index (χ2n) is 4.27. The minimum Gasteiger partial charge on any atom is -0.391 e. The van der Waals surface area contributed by atoms with Gasteiger partial charge in [0.15, 0.2) is 0 Å². The molecule has 15 heavy (non-hydrogen) atoms. The van der Waals surface area contributed by atoms with Crippen molar-refractivity contribution in [3.05, 3.63) is 34.9 Å². The maximum absolute atomic E-state index is 9.85. The molecule has 0 aliphatic heterocycles. The lowest BCUT2D eigenvalue weighted by Crippen LogP contribution is -2.27. The molecule has 0 amide bonds. The minimum atomic E-state index is -0.494. The van der Waals surface area contributed by atoms with Crippen LogP contribution >= 0.6 is 11.6 Å². The summed E-state index contributed by atoms with van der Waals surface area (Å²) in [6.07, 6.45) is 0.218. The van der Waals surface area contributed by atoms with Crippen LogP contribution in [0.5, 0.6) is 0 Å². The van der Waals surface area contributed by atoms with Crippen molar-refractivity contribution in [1.82, 2.24) is 0 Å². The number of aliphatic hydroxyl groups is 1. The molecule has 2 nitrogen and oxygen atoms in total. The van der Waals surface area contributed by atoms with Gasteiger partial charge in [0.2, 0.25) is 0 Å². The van der Waals surface area contributed by atoms with Crippen LogP contribution in [0.1, 0.15) is 31.9 Å². The second kappa shape index (κ2) is 5.50. The lowest BCUT2D eigenvalue weighted by atomic mass is 9.95. The van der Waals surface area contributed by atoms with Crippen molar-refractivity contribution in [2.24, 2.45) is 11.7 Å². The number of halogens is 1. The Morgan fingerprint density at radius 3 is 2.27 bits per heavy atom. The van der Waals surface area contributed by atoms with Gasteiger partial charge in [-0.15, -0.1) is 0 Å². The highest BCUT2D eigenvalue weighted by molar-refractivity contribution is 6.30. The lowest BCUT2D eigenvalue weighted by Gasteiger charge is -2.20. The lowest BCUT2D eigenvalue weighted by molar-refractivity contribution is 0.121. The van der Waals surface area contributed by atoms with E-state index < -0.39 is 6.10 Å². The van der Waals surface area contributed by atoms with Gasteiger partial charge in [-0.25, -0.2) is 0 Å². The maximum atomic E-state index is 9.85. The van der Waals surface area contributed by atoms with E-state index in [0.29, 0.717) is 17.4 Å². The van der Waals surface area contributed by atoms with Gasteiger partial charge in [0, 0.05) is 5.02 Å². The standard InChI is InChI=1S/C12H18ClNO/c1-8(2)7-11(15)12(14)9-3-5-10(13)6-4-9/h3-6,8,11-12,15H,7,14H2,1-2H3/t11-,12+/m1/s1. The molecule has 84 valence electrons. The first-order valence-corrected chi connectivity index (χ1v) is 5.57. The Balaban J connectivity index is 2.67. The van der Waals surface area contributed by atoms with Crippen molar-refractivity contribution >= 4 is 11.6 Å². The fourth-order valence-electron chi connectivity index (χ4n) is 1.54. The van der Waals surface area contributed by atoms with Crippen LogP contribution in [-0.2, 0) is 0 Å². The monoisotopic (exact) mass is 227 g/mol. The van der Waals surface area contributed by atoms with Gasteiger partial charge in [-0.2, -0.15) is 0 Å². The summed E-state index contributed by atoms with van der Waals surface area (Å²) < 4.78 is 0. The predicted molar refractivity (Wildman–Crippen MR) is 63.8 cm³/mol. The van der Waals surface area contributed by atoms with Crippen molar-refractivity contribution in [3.8, 4) is 0 Å². The molecule has 1 rings (SSSR count). The summed E-state index contributed by atoms with van der Waals surface area (Å²) in [5.74, 6) is 0.443. The van der Waals surface area contributed by atoms with E-state index in [-0.39, 0.29) is 6.04 Å². The van der Waals surface area contributed by atoms with Gasteiger partial charge in [-0.1, -0.05) is 37.6 Å². The van der Waals surface area contributed by atoms with Gasteiger partial charge in [-0.05, 0) is 30.0 Å². The molecule has 1 aromatic rings. The summed E-state index contributed by atoms with van der Waals surface area (Å²) in [5, 5.41) is 10.5. The number of aliphatic hydroxyl groups excluding tert-OH is 1. The van der Waals surface area contributed by atoms with E-state index in [4.69, 9.17) is 17.3 Å². The molecule has 0 radical (unpaired) electrons. The zero-order valence-electron chi connectivity index (χ0n) is 9.15. The zero-order valence-corrected chi connectivity index (χ0v) is 9.91. The number of hydrogen-bond acceptors (Lipinski definition) is 2. The van der Waals surface area contributed by atoms with Crippen LogP contribution in [0.2, 0.25) is 5.02 Å². The Kier molecular flexibility index (Phi) is 4.58. The summed E-state index contributed by atoms with van der Waals surface area (Å²) >= 11 is 5.78. The molecule has 0 fully saturated rings. The molecule has 2 atom stereocenters. The molecule has 0 heterocycles. The highest BCUT2D eigenvalue weighted by Gasteiger charge is 2.17. The van der Waals surface area contributed by atoms with E-state index in [1.165, 1.54) is 0 Å². The minimum absolute atomic E-state index is 0.329. The summed E-state index contributed by atoms with van der Waals surface area (Å²) in [7, 11) is 0. The first-order chi connectivity index (χ1) is 7.00. The molecule has 0 saturated heterocycles. The molecule has 0 saturated carbocycles. The van der Waals surface area contributed by atoms with E-state index in [1.54, 1.807) is 12.1 Å². The van der Waals surface area contributed by atoms with Gasteiger partial charge in [-0.3, -0.25) is 0 Å². The largest absolute Gasteiger partial charge is 0.391 e. The third-order valence-corrected chi connectivity index (χ3v) is 2.63. The van der Waals surface area contributed by atoms with Crippen molar-refractivity contribution in [2.45, 2.75) is 32.4 Å². The summed E-state index contributed by atoms with van der Waals surface area (Å²) in [6, 6.07) is 6.97. The highest BCUT2D eigenvalue weighted by atomic mass is 35.5. The van der Waals surface area contributed by atoms with E-state index in [2.05, 4.69) is 13.8 Å². The normalized spacial score (nSPS) is 15.3.